The van der Waals surface area contributed by atoms with E-state index in [0.717, 1.165) is 36.2 Å². The first-order valence-electron chi connectivity index (χ1n) is 14.0. The standard InChI is InChI=1S/C29H35BrFN7O3Si/c1-29(2,3)42(4,5)41-23-22(31)28(38-14-18(30)21-25(32)33-15-34-26(21)38)40-24(23)27(39)35-17-9-7-16-8-10-20(36-19(16)13-17)37-11-6-12-37/h7-10,13-15,22-24,28H,6,11-12H2,1-5H3,(H,35,39)(H2,32,33,34)/t22-,23-,24-,28+/m0/s1. The lowest BCUT2D eigenvalue weighted by atomic mass is 10.1. The molecule has 6 rings (SSSR count). The van der Waals surface area contributed by atoms with Crippen molar-refractivity contribution in [1.29, 1.82) is 0 Å². The van der Waals surface area contributed by atoms with Crippen molar-refractivity contribution in [3.63, 3.8) is 0 Å². The summed E-state index contributed by atoms with van der Waals surface area (Å²) in [5, 5.41) is 4.23. The van der Waals surface area contributed by atoms with Crippen molar-refractivity contribution in [2.24, 2.45) is 0 Å². The molecule has 0 aliphatic carbocycles. The number of aromatic nitrogens is 4. The highest BCUT2D eigenvalue weighted by molar-refractivity contribution is 9.10. The number of carbonyl (C=O) groups is 1. The minimum atomic E-state index is -2.51. The van der Waals surface area contributed by atoms with E-state index < -0.39 is 38.8 Å². The number of nitrogen functional groups attached to an aromatic ring is 1. The van der Waals surface area contributed by atoms with Crippen LogP contribution in [0.1, 0.15) is 33.4 Å². The van der Waals surface area contributed by atoms with Gasteiger partial charge in [0.2, 0.25) is 0 Å². The van der Waals surface area contributed by atoms with Crippen LogP contribution >= 0.6 is 15.9 Å². The van der Waals surface area contributed by atoms with Crippen LogP contribution in [-0.2, 0) is 14.0 Å². The van der Waals surface area contributed by atoms with Gasteiger partial charge in [0.25, 0.3) is 5.91 Å². The average Bonchev–Trinajstić information content (AvgIpc) is 3.39. The molecule has 222 valence electrons. The minimum absolute atomic E-state index is 0.213. The molecule has 42 heavy (non-hydrogen) atoms. The van der Waals surface area contributed by atoms with Gasteiger partial charge < -0.3 is 29.7 Å². The molecular formula is C29H35BrFN7O3Si. The number of halogens is 2. The molecule has 0 bridgehead atoms. The zero-order valence-electron chi connectivity index (χ0n) is 24.3. The topological polar surface area (TPSA) is 120 Å². The van der Waals surface area contributed by atoms with Crippen LogP contribution in [0.25, 0.3) is 21.9 Å². The number of fused-ring (bicyclic) bond motifs is 2. The fourth-order valence-corrected chi connectivity index (χ4v) is 6.97. The van der Waals surface area contributed by atoms with Crippen molar-refractivity contribution in [3.05, 3.63) is 47.3 Å². The molecule has 2 saturated heterocycles. The number of ether oxygens (including phenoxy) is 1. The van der Waals surface area contributed by atoms with Gasteiger partial charge in [-0.05, 0) is 64.7 Å². The maximum Gasteiger partial charge on any atom is 0.256 e. The van der Waals surface area contributed by atoms with E-state index in [0.29, 0.717) is 21.2 Å². The summed E-state index contributed by atoms with van der Waals surface area (Å²) in [5.74, 6) is 0.674. The Bertz CT molecular complexity index is 1670. The number of rotatable bonds is 6. The molecule has 4 atom stereocenters. The highest BCUT2D eigenvalue weighted by Crippen LogP contribution is 2.44. The third-order valence-electron chi connectivity index (χ3n) is 8.66. The Hall–Kier alpha value is -3.13. The van der Waals surface area contributed by atoms with Gasteiger partial charge in [-0.15, -0.1) is 0 Å². The first kappa shape index (κ1) is 29.0. The number of carbonyl (C=O) groups excluding carboxylic acids is 1. The molecule has 0 spiro atoms. The molecule has 2 aliphatic heterocycles. The van der Waals surface area contributed by atoms with Crippen LogP contribution in [0.15, 0.2) is 47.3 Å². The molecule has 4 aromatic rings. The summed E-state index contributed by atoms with van der Waals surface area (Å²) >= 11 is 3.48. The van der Waals surface area contributed by atoms with E-state index >= 15 is 4.39 Å². The summed E-state index contributed by atoms with van der Waals surface area (Å²) in [5.41, 5.74) is 7.79. The highest BCUT2D eigenvalue weighted by atomic mass is 79.9. The molecule has 13 heteroatoms. The molecule has 0 radical (unpaired) electrons. The number of nitrogens with zero attached hydrogens (tertiary/aromatic N) is 5. The monoisotopic (exact) mass is 655 g/mol. The normalized spacial score (nSPS) is 23.0. The molecule has 0 saturated carbocycles. The molecular weight excluding hydrogens is 621 g/mol. The van der Waals surface area contributed by atoms with E-state index in [1.54, 1.807) is 10.8 Å². The molecule has 3 aromatic heterocycles. The number of nitrogens with one attached hydrogen (secondary N) is 1. The van der Waals surface area contributed by atoms with Gasteiger partial charge in [0, 0.05) is 34.8 Å². The number of hydrogen-bond donors (Lipinski definition) is 2. The molecule has 5 heterocycles. The van der Waals surface area contributed by atoms with Crippen LogP contribution in [0.2, 0.25) is 18.1 Å². The average molecular weight is 657 g/mol. The maximum atomic E-state index is 16.5. The van der Waals surface area contributed by atoms with Crippen molar-refractivity contribution in [3.8, 4) is 0 Å². The number of hydrogen-bond acceptors (Lipinski definition) is 8. The van der Waals surface area contributed by atoms with Gasteiger partial charge in [-0.3, -0.25) is 4.79 Å². The summed E-state index contributed by atoms with van der Waals surface area (Å²) in [6.45, 7) is 12.2. The van der Waals surface area contributed by atoms with E-state index in [1.165, 1.54) is 6.33 Å². The molecule has 2 fully saturated rings. The Morgan fingerprint density at radius 1 is 1.21 bits per heavy atom. The number of benzene rings is 1. The van der Waals surface area contributed by atoms with Gasteiger partial charge in [-0.1, -0.05) is 26.8 Å². The maximum absolute atomic E-state index is 16.5. The van der Waals surface area contributed by atoms with E-state index in [1.807, 2.05) is 43.4 Å². The van der Waals surface area contributed by atoms with Crippen LogP contribution in [0.3, 0.4) is 0 Å². The Balaban J connectivity index is 1.32. The lowest BCUT2D eigenvalue weighted by molar-refractivity contribution is -0.131. The van der Waals surface area contributed by atoms with Crippen LogP contribution < -0.4 is 16.0 Å². The van der Waals surface area contributed by atoms with E-state index in [-0.39, 0.29) is 10.9 Å². The Labute approximate surface area is 253 Å². The summed E-state index contributed by atoms with van der Waals surface area (Å²) in [6, 6.07) is 9.59. The lowest BCUT2D eigenvalue weighted by Gasteiger charge is -2.39. The molecule has 0 unspecified atom stereocenters. The zero-order valence-corrected chi connectivity index (χ0v) is 26.9. The van der Waals surface area contributed by atoms with E-state index in [2.05, 4.69) is 56.9 Å². The predicted molar refractivity (Wildman–Crippen MR) is 168 cm³/mol. The smallest absolute Gasteiger partial charge is 0.256 e. The second-order valence-electron chi connectivity index (χ2n) is 12.5. The van der Waals surface area contributed by atoms with Crippen molar-refractivity contribution in [2.75, 3.05) is 29.0 Å². The van der Waals surface area contributed by atoms with Gasteiger partial charge >= 0.3 is 0 Å². The lowest BCUT2D eigenvalue weighted by Crippen LogP contribution is -2.50. The quantitative estimate of drug-likeness (QED) is 0.250. The van der Waals surface area contributed by atoms with Crippen molar-refractivity contribution in [1.82, 2.24) is 19.5 Å². The number of amides is 1. The third kappa shape index (κ3) is 5.05. The van der Waals surface area contributed by atoms with Crippen molar-refractivity contribution < 1.29 is 18.3 Å². The molecule has 10 nitrogen and oxygen atoms in total. The Morgan fingerprint density at radius 3 is 2.64 bits per heavy atom. The number of nitrogens with two attached hydrogens (primary N) is 1. The molecule has 3 N–H and O–H groups in total. The Kier molecular flexibility index (Phi) is 7.27. The van der Waals surface area contributed by atoms with Gasteiger partial charge in [0.05, 0.1) is 10.9 Å². The number of pyridine rings is 1. The van der Waals surface area contributed by atoms with Gasteiger partial charge in [0.15, 0.2) is 26.8 Å². The van der Waals surface area contributed by atoms with Crippen LogP contribution in [0, 0.1) is 0 Å². The third-order valence-corrected chi connectivity index (χ3v) is 13.7. The molecule has 2 aliphatic rings. The zero-order chi connectivity index (χ0) is 30.0. The van der Waals surface area contributed by atoms with Crippen LogP contribution in [-0.4, -0.2) is 65.2 Å². The first-order valence-corrected chi connectivity index (χ1v) is 17.7. The highest BCUT2D eigenvalue weighted by Gasteiger charge is 2.54. The molecule has 1 aromatic carbocycles. The van der Waals surface area contributed by atoms with E-state index in [4.69, 9.17) is 19.9 Å². The van der Waals surface area contributed by atoms with Crippen molar-refractivity contribution >= 4 is 69.4 Å². The summed E-state index contributed by atoms with van der Waals surface area (Å²) in [4.78, 5) is 29.2. The minimum Gasteiger partial charge on any atom is -0.408 e. The number of anilines is 3. The van der Waals surface area contributed by atoms with Gasteiger partial charge in [0.1, 0.15) is 29.7 Å². The van der Waals surface area contributed by atoms with Gasteiger partial charge in [-0.25, -0.2) is 19.3 Å². The van der Waals surface area contributed by atoms with Crippen LogP contribution in [0.4, 0.5) is 21.7 Å². The first-order chi connectivity index (χ1) is 19.8. The summed E-state index contributed by atoms with van der Waals surface area (Å²) in [7, 11) is -2.51. The SMILES string of the molecule is CC(C)(C)[Si](C)(C)O[C@H]1[C@H](F)[C@H](n2cc(Br)c3c(N)ncnc32)O[C@@H]1C(=O)Nc1ccc2ccc(N3CCC3)nc2c1. The van der Waals surface area contributed by atoms with Crippen molar-refractivity contribution in [2.45, 2.75) is 69.9 Å². The van der Waals surface area contributed by atoms with Crippen LogP contribution in [0.5, 0.6) is 0 Å². The summed E-state index contributed by atoms with van der Waals surface area (Å²) < 4.78 is 31.4. The Morgan fingerprint density at radius 2 is 1.95 bits per heavy atom. The fraction of sp³-hybridized carbons (Fsp3) is 0.448. The predicted octanol–water partition coefficient (Wildman–Crippen LogP) is 5.80. The fourth-order valence-electron chi connectivity index (χ4n) is 5.08. The van der Waals surface area contributed by atoms with Gasteiger partial charge in [-0.2, -0.15) is 0 Å². The summed E-state index contributed by atoms with van der Waals surface area (Å²) in [6.07, 6.45) is -1.06. The second kappa shape index (κ2) is 10.5. The largest absolute Gasteiger partial charge is 0.408 e. The molecule has 1 amide bonds. The second-order valence-corrected chi connectivity index (χ2v) is 18.1. The van der Waals surface area contributed by atoms with E-state index in [9.17, 15) is 4.79 Å². The number of alkyl halides is 1.